The van der Waals surface area contributed by atoms with E-state index >= 15 is 0 Å². The van der Waals surface area contributed by atoms with Crippen LogP contribution in [-0.2, 0) is 9.09 Å². The first-order chi connectivity index (χ1) is 4.43. The van der Waals surface area contributed by atoms with Gasteiger partial charge in [-0.3, -0.25) is 4.52 Å². The minimum atomic E-state index is -0.152. The fourth-order valence-corrected chi connectivity index (χ4v) is 1.56. The van der Waals surface area contributed by atoms with Crippen molar-refractivity contribution in [3.8, 4) is 0 Å². The predicted octanol–water partition coefficient (Wildman–Crippen LogP) is 2.70. The molecule has 0 aromatic heterocycles. The fraction of sp³-hybridized carbons (Fsp3) is 1.00. The molecular formula is C6H14NO2P. The van der Waals surface area contributed by atoms with E-state index in [2.05, 4.69) is 0 Å². The second-order valence-corrected chi connectivity index (χ2v) is 2.80. The monoisotopic (exact) mass is 163 g/mol. The SMILES string of the molecule is N.O=POC1CCCCC1. The van der Waals surface area contributed by atoms with E-state index in [1.807, 2.05) is 0 Å². The molecule has 3 nitrogen and oxygen atoms in total. The van der Waals surface area contributed by atoms with Crippen LogP contribution in [0.1, 0.15) is 32.1 Å². The van der Waals surface area contributed by atoms with Crippen molar-refractivity contribution in [3.05, 3.63) is 0 Å². The minimum Gasteiger partial charge on any atom is -0.344 e. The third kappa shape index (κ3) is 3.25. The average Bonchev–Trinajstić information content (AvgIpc) is 1.91. The molecule has 0 atom stereocenters. The molecule has 60 valence electrons. The standard InChI is InChI=1S/C6H11O2P.H3N/c7-9-8-6-4-2-1-3-5-6;/h6H,1-5H2;1H3. The molecule has 0 saturated heterocycles. The van der Waals surface area contributed by atoms with E-state index in [-0.39, 0.29) is 20.9 Å². The molecule has 3 N–H and O–H groups in total. The van der Waals surface area contributed by atoms with Gasteiger partial charge in [0.2, 0.25) is 0 Å². The molecule has 1 rings (SSSR count). The van der Waals surface area contributed by atoms with Crippen LogP contribution in [0.25, 0.3) is 0 Å². The normalized spacial score (nSPS) is 20.4. The fourth-order valence-electron chi connectivity index (χ4n) is 1.23. The van der Waals surface area contributed by atoms with Crippen molar-refractivity contribution in [2.45, 2.75) is 38.2 Å². The molecule has 10 heavy (non-hydrogen) atoms. The summed E-state index contributed by atoms with van der Waals surface area (Å²) in [6, 6.07) is 0. The lowest BCUT2D eigenvalue weighted by Crippen LogP contribution is -2.11. The number of hydrogen-bond acceptors (Lipinski definition) is 3. The van der Waals surface area contributed by atoms with Gasteiger partial charge >= 0.3 is 8.69 Å². The Morgan fingerprint density at radius 3 is 2.30 bits per heavy atom. The lowest BCUT2D eigenvalue weighted by Gasteiger charge is -2.17. The summed E-state index contributed by atoms with van der Waals surface area (Å²) in [7, 11) is -0.152. The van der Waals surface area contributed by atoms with E-state index in [1.165, 1.54) is 19.3 Å². The smallest absolute Gasteiger partial charge is 0.327 e. The maximum absolute atomic E-state index is 9.95. The van der Waals surface area contributed by atoms with E-state index in [0.717, 1.165) is 12.8 Å². The zero-order chi connectivity index (χ0) is 6.53. The van der Waals surface area contributed by atoms with Gasteiger partial charge < -0.3 is 6.15 Å². The topological polar surface area (TPSA) is 61.3 Å². The van der Waals surface area contributed by atoms with Crippen molar-refractivity contribution in [3.63, 3.8) is 0 Å². The van der Waals surface area contributed by atoms with Crippen molar-refractivity contribution >= 4 is 8.69 Å². The van der Waals surface area contributed by atoms with E-state index in [9.17, 15) is 4.57 Å². The Balaban J connectivity index is 0.000000810. The predicted molar refractivity (Wildman–Crippen MR) is 40.6 cm³/mol. The maximum Gasteiger partial charge on any atom is 0.327 e. The highest BCUT2D eigenvalue weighted by Gasteiger charge is 2.12. The van der Waals surface area contributed by atoms with Crippen LogP contribution in [0.15, 0.2) is 0 Å². The van der Waals surface area contributed by atoms with Gasteiger partial charge in [0.25, 0.3) is 0 Å². The van der Waals surface area contributed by atoms with Gasteiger partial charge in [0, 0.05) is 0 Å². The molecule has 1 aliphatic rings. The van der Waals surface area contributed by atoms with Gasteiger partial charge in [-0.2, -0.15) is 0 Å². The Hall–Kier alpha value is 0.0200. The molecule has 0 aromatic rings. The Morgan fingerprint density at radius 1 is 1.20 bits per heavy atom. The lowest BCUT2D eigenvalue weighted by atomic mass is 9.98. The Morgan fingerprint density at radius 2 is 1.80 bits per heavy atom. The van der Waals surface area contributed by atoms with Crippen LogP contribution < -0.4 is 6.15 Å². The summed E-state index contributed by atoms with van der Waals surface area (Å²) < 4.78 is 14.8. The second kappa shape index (κ2) is 5.78. The largest absolute Gasteiger partial charge is 0.344 e. The van der Waals surface area contributed by atoms with Crippen LogP contribution in [0.4, 0.5) is 0 Å². The highest BCUT2D eigenvalue weighted by Crippen LogP contribution is 2.22. The highest BCUT2D eigenvalue weighted by molar-refractivity contribution is 7.17. The molecule has 0 unspecified atom stereocenters. The summed E-state index contributed by atoms with van der Waals surface area (Å²) in [6.45, 7) is 0. The van der Waals surface area contributed by atoms with Gasteiger partial charge in [-0.05, 0) is 12.8 Å². The lowest BCUT2D eigenvalue weighted by molar-refractivity contribution is 0.172. The van der Waals surface area contributed by atoms with Crippen molar-refractivity contribution in [1.82, 2.24) is 6.15 Å². The summed E-state index contributed by atoms with van der Waals surface area (Å²) in [5.41, 5.74) is 0. The van der Waals surface area contributed by atoms with Crippen LogP contribution in [0.3, 0.4) is 0 Å². The third-order valence-electron chi connectivity index (χ3n) is 1.74. The Labute approximate surface area is 63.0 Å². The van der Waals surface area contributed by atoms with E-state index in [1.54, 1.807) is 0 Å². The zero-order valence-corrected chi connectivity index (χ0v) is 6.98. The minimum absolute atomic E-state index is 0. The first-order valence-electron chi connectivity index (χ1n) is 3.42. The Kier molecular flexibility index (Phi) is 5.79. The highest BCUT2D eigenvalue weighted by atomic mass is 31.1. The molecule has 0 radical (unpaired) electrons. The molecule has 0 heterocycles. The van der Waals surface area contributed by atoms with Gasteiger partial charge in [-0.15, -0.1) is 0 Å². The molecule has 0 spiro atoms. The molecule has 0 amide bonds. The summed E-state index contributed by atoms with van der Waals surface area (Å²) in [4.78, 5) is 0. The van der Waals surface area contributed by atoms with Crippen molar-refractivity contribution in [1.29, 1.82) is 0 Å². The molecule has 1 aliphatic carbocycles. The van der Waals surface area contributed by atoms with Crippen molar-refractivity contribution in [2.24, 2.45) is 0 Å². The first-order valence-corrected chi connectivity index (χ1v) is 4.15. The molecule has 1 fully saturated rings. The molecule has 0 aromatic carbocycles. The molecule has 1 saturated carbocycles. The summed E-state index contributed by atoms with van der Waals surface area (Å²) in [6.07, 6.45) is 6.25. The molecular weight excluding hydrogens is 149 g/mol. The quantitative estimate of drug-likeness (QED) is 0.636. The zero-order valence-electron chi connectivity index (χ0n) is 6.08. The number of hydrogen-bond donors (Lipinski definition) is 1. The molecule has 4 heteroatoms. The van der Waals surface area contributed by atoms with E-state index < -0.39 is 0 Å². The number of rotatable bonds is 2. The second-order valence-electron chi connectivity index (χ2n) is 2.44. The summed E-state index contributed by atoms with van der Waals surface area (Å²) in [5, 5.41) is 0. The average molecular weight is 163 g/mol. The summed E-state index contributed by atoms with van der Waals surface area (Å²) >= 11 is 0. The van der Waals surface area contributed by atoms with E-state index in [0.29, 0.717) is 0 Å². The van der Waals surface area contributed by atoms with E-state index in [4.69, 9.17) is 4.52 Å². The van der Waals surface area contributed by atoms with Crippen LogP contribution in [0.2, 0.25) is 0 Å². The van der Waals surface area contributed by atoms with Crippen LogP contribution in [-0.4, -0.2) is 6.10 Å². The van der Waals surface area contributed by atoms with Gasteiger partial charge in [-0.1, -0.05) is 19.3 Å². The van der Waals surface area contributed by atoms with Crippen LogP contribution in [0, 0.1) is 0 Å². The van der Waals surface area contributed by atoms with Gasteiger partial charge in [0.15, 0.2) is 0 Å². The van der Waals surface area contributed by atoms with Gasteiger partial charge in [-0.25, -0.2) is 4.57 Å². The van der Waals surface area contributed by atoms with Crippen LogP contribution >= 0.6 is 8.69 Å². The van der Waals surface area contributed by atoms with Crippen molar-refractivity contribution < 1.29 is 9.09 Å². The Bertz CT molecular complexity index is 93.7. The first kappa shape index (κ1) is 10.0. The molecule has 0 bridgehead atoms. The van der Waals surface area contributed by atoms with Gasteiger partial charge in [0.05, 0.1) is 6.10 Å². The maximum atomic E-state index is 9.95. The van der Waals surface area contributed by atoms with Crippen LogP contribution in [0.5, 0.6) is 0 Å². The van der Waals surface area contributed by atoms with Crippen molar-refractivity contribution in [2.75, 3.05) is 0 Å². The van der Waals surface area contributed by atoms with Gasteiger partial charge in [0.1, 0.15) is 0 Å². The third-order valence-corrected chi connectivity index (χ3v) is 2.13. The molecule has 0 aliphatic heterocycles. The summed E-state index contributed by atoms with van der Waals surface area (Å²) in [5.74, 6) is 0.